The number of aliphatic carboxylic acids is 1. The highest BCUT2D eigenvalue weighted by molar-refractivity contribution is 6.01. The number of amides is 1. The van der Waals surface area contributed by atoms with Crippen LogP contribution in [0.15, 0.2) is 18.2 Å². The zero-order valence-electron chi connectivity index (χ0n) is 9.88. The van der Waals surface area contributed by atoms with E-state index in [1.54, 1.807) is 6.92 Å². The van der Waals surface area contributed by atoms with Gasteiger partial charge in [-0.15, -0.1) is 0 Å². The summed E-state index contributed by atoms with van der Waals surface area (Å²) in [5.41, 5.74) is -0.320. The molecular formula is C12H15NO5. The number of benzene rings is 1. The number of hydrogen-bond donors (Lipinski definition) is 4. The summed E-state index contributed by atoms with van der Waals surface area (Å²) in [6.07, 6.45) is 0.861. The second-order valence-electron chi connectivity index (χ2n) is 3.82. The van der Waals surface area contributed by atoms with Crippen LogP contribution >= 0.6 is 0 Å². The number of phenols is 2. The van der Waals surface area contributed by atoms with Gasteiger partial charge in [0.05, 0.1) is 0 Å². The van der Waals surface area contributed by atoms with Crippen LogP contribution in [0.4, 0.5) is 0 Å². The van der Waals surface area contributed by atoms with E-state index >= 15 is 0 Å². The second kappa shape index (κ2) is 5.90. The van der Waals surface area contributed by atoms with Crippen LogP contribution in [-0.4, -0.2) is 33.2 Å². The molecule has 0 aliphatic heterocycles. The van der Waals surface area contributed by atoms with Crippen LogP contribution in [0, 0.1) is 0 Å². The fourth-order valence-corrected chi connectivity index (χ4v) is 1.54. The second-order valence-corrected chi connectivity index (χ2v) is 3.82. The van der Waals surface area contributed by atoms with Crippen molar-refractivity contribution in [2.24, 2.45) is 0 Å². The quantitative estimate of drug-likeness (QED) is 0.628. The summed E-state index contributed by atoms with van der Waals surface area (Å²) in [6, 6.07) is 2.82. The van der Waals surface area contributed by atoms with Crippen molar-refractivity contribution in [3.05, 3.63) is 23.8 Å². The molecule has 0 heterocycles. The number of carboxylic acids is 1. The van der Waals surface area contributed by atoms with E-state index in [1.807, 2.05) is 0 Å². The van der Waals surface area contributed by atoms with E-state index in [-0.39, 0.29) is 12.0 Å². The molecule has 0 aliphatic rings. The Morgan fingerprint density at radius 3 is 2.28 bits per heavy atom. The lowest BCUT2D eigenvalue weighted by molar-refractivity contribution is -0.139. The van der Waals surface area contributed by atoms with Crippen molar-refractivity contribution < 1.29 is 24.9 Å². The fraction of sp³-hybridized carbons (Fsp3) is 0.333. The number of aromatic hydroxyl groups is 2. The summed E-state index contributed by atoms with van der Waals surface area (Å²) >= 11 is 0. The van der Waals surface area contributed by atoms with Crippen molar-refractivity contribution in [1.82, 2.24) is 5.32 Å². The number of carbonyl (C=O) groups excluding carboxylic acids is 1. The van der Waals surface area contributed by atoms with Crippen molar-refractivity contribution >= 4 is 11.9 Å². The lowest BCUT2D eigenvalue weighted by atomic mass is 10.1. The molecule has 0 bridgehead atoms. The molecular weight excluding hydrogens is 238 g/mol. The van der Waals surface area contributed by atoms with Crippen molar-refractivity contribution in [2.45, 2.75) is 25.8 Å². The van der Waals surface area contributed by atoms with Gasteiger partial charge in [-0.25, -0.2) is 4.79 Å². The summed E-state index contributed by atoms with van der Waals surface area (Å²) in [4.78, 5) is 22.7. The molecule has 0 fully saturated rings. The molecule has 6 heteroatoms. The minimum absolute atomic E-state index is 0.273. The Morgan fingerprint density at radius 1 is 1.28 bits per heavy atom. The molecule has 0 saturated carbocycles. The molecule has 4 N–H and O–H groups in total. The van der Waals surface area contributed by atoms with Gasteiger partial charge >= 0.3 is 5.97 Å². The maximum Gasteiger partial charge on any atom is 0.326 e. The number of phenolic OH excluding ortho intramolecular Hbond substituents is 2. The van der Waals surface area contributed by atoms with Crippen LogP contribution in [0.25, 0.3) is 0 Å². The Balaban J connectivity index is 2.90. The Bertz CT molecular complexity index is 438. The van der Waals surface area contributed by atoms with Crippen LogP contribution < -0.4 is 5.32 Å². The summed E-state index contributed by atoms with van der Waals surface area (Å²) in [5, 5.41) is 30.1. The molecule has 0 spiro atoms. The van der Waals surface area contributed by atoms with Crippen molar-refractivity contribution in [2.75, 3.05) is 0 Å². The average Bonchev–Trinajstić information content (AvgIpc) is 2.28. The van der Waals surface area contributed by atoms with Crippen molar-refractivity contribution in [3.63, 3.8) is 0 Å². The molecule has 1 aromatic carbocycles. The Hall–Kier alpha value is -2.24. The standard InChI is InChI=1S/C12H15NO5/c1-2-4-7(12(17)18)13-11(16)10-8(14)5-3-6-9(10)15/h3,5-7,14-15H,2,4H2,1H3,(H,13,16)(H,17,18)/t7-/m1/s1. The predicted octanol–water partition coefficient (Wildman–Crippen LogP) is 1.08. The third kappa shape index (κ3) is 3.13. The SMILES string of the molecule is CCC[C@@H](NC(=O)c1c(O)cccc1O)C(=O)O. The lowest BCUT2D eigenvalue weighted by Crippen LogP contribution is -2.40. The third-order valence-corrected chi connectivity index (χ3v) is 2.43. The van der Waals surface area contributed by atoms with Gasteiger partial charge in [-0.2, -0.15) is 0 Å². The third-order valence-electron chi connectivity index (χ3n) is 2.43. The summed E-state index contributed by atoms with van der Waals surface area (Å²) in [6.45, 7) is 1.79. The maximum atomic E-state index is 11.8. The van der Waals surface area contributed by atoms with E-state index in [2.05, 4.69) is 5.32 Å². The fourth-order valence-electron chi connectivity index (χ4n) is 1.54. The Morgan fingerprint density at radius 2 is 1.83 bits per heavy atom. The normalized spacial score (nSPS) is 11.8. The molecule has 1 aromatic rings. The zero-order chi connectivity index (χ0) is 13.7. The van der Waals surface area contributed by atoms with Gasteiger partial charge in [0.2, 0.25) is 0 Å². The van der Waals surface area contributed by atoms with Crippen LogP contribution in [0.3, 0.4) is 0 Å². The van der Waals surface area contributed by atoms with Crippen LogP contribution in [0.1, 0.15) is 30.1 Å². The van der Waals surface area contributed by atoms with Crippen LogP contribution in [0.5, 0.6) is 11.5 Å². The lowest BCUT2D eigenvalue weighted by Gasteiger charge is -2.14. The average molecular weight is 253 g/mol. The van der Waals surface area contributed by atoms with Gasteiger partial charge in [-0.05, 0) is 18.6 Å². The smallest absolute Gasteiger partial charge is 0.326 e. The highest BCUT2D eigenvalue weighted by Crippen LogP contribution is 2.26. The topological polar surface area (TPSA) is 107 Å². The first-order chi connectivity index (χ1) is 8.47. The van der Waals surface area contributed by atoms with E-state index in [0.29, 0.717) is 6.42 Å². The highest BCUT2D eigenvalue weighted by atomic mass is 16.4. The zero-order valence-corrected chi connectivity index (χ0v) is 9.88. The monoisotopic (exact) mass is 253 g/mol. The first-order valence-corrected chi connectivity index (χ1v) is 5.52. The van der Waals surface area contributed by atoms with E-state index in [4.69, 9.17) is 5.11 Å². The number of hydrogen-bond acceptors (Lipinski definition) is 4. The molecule has 1 atom stereocenters. The van der Waals surface area contributed by atoms with Crippen molar-refractivity contribution in [1.29, 1.82) is 0 Å². The molecule has 0 radical (unpaired) electrons. The van der Waals surface area contributed by atoms with Gasteiger partial charge in [-0.3, -0.25) is 4.79 Å². The molecule has 1 rings (SSSR count). The van der Waals surface area contributed by atoms with E-state index in [0.717, 1.165) is 0 Å². The molecule has 98 valence electrons. The molecule has 0 unspecified atom stereocenters. The summed E-state index contributed by atoms with van der Waals surface area (Å²) in [7, 11) is 0. The largest absolute Gasteiger partial charge is 0.507 e. The van der Waals surface area contributed by atoms with Gasteiger partial charge in [0.15, 0.2) is 0 Å². The van der Waals surface area contributed by atoms with E-state index in [9.17, 15) is 19.8 Å². The summed E-state index contributed by atoms with van der Waals surface area (Å²) in [5.74, 6) is -2.76. The minimum Gasteiger partial charge on any atom is -0.507 e. The first kappa shape index (κ1) is 13.8. The molecule has 0 saturated heterocycles. The number of rotatable bonds is 5. The first-order valence-electron chi connectivity index (χ1n) is 5.52. The van der Waals surface area contributed by atoms with Gasteiger partial charge in [-0.1, -0.05) is 19.4 Å². The number of carbonyl (C=O) groups is 2. The van der Waals surface area contributed by atoms with E-state index in [1.165, 1.54) is 18.2 Å². The van der Waals surface area contributed by atoms with Gasteiger partial charge < -0.3 is 20.6 Å². The maximum absolute atomic E-state index is 11.8. The molecule has 0 aliphatic carbocycles. The Labute approximate surface area is 104 Å². The van der Waals surface area contributed by atoms with E-state index < -0.39 is 29.4 Å². The predicted molar refractivity (Wildman–Crippen MR) is 63.6 cm³/mol. The van der Waals surface area contributed by atoms with Crippen molar-refractivity contribution in [3.8, 4) is 11.5 Å². The minimum atomic E-state index is -1.15. The van der Waals surface area contributed by atoms with Crippen LogP contribution in [0.2, 0.25) is 0 Å². The van der Waals surface area contributed by atoms with Gasteiger partial charge in [0, 0.05) is 0 Å². The highest BCUT2D eigenvalue weighted by Gasteiger charge is 2.23. The molecule has 1 amide bonds. The molecule has 0 aromatic heterocycles. The van der Waals surface area contributed by atoms with Gasteiger partial charge in [0.25, 0.3) is 5.91 Å². The van der Waals surface area contributed by atoms with Crippen LogP contribution in [-0.2, 0) is 4.79 Å². The molecule has 18 heavy (non-hydrogen) atoms. The number of nitrogens with one attached hydrogen (secondary N) is 1. The number of carboxylic acid groups (broad SMARTS) is 1. The Kier molecular flexibility index (Phi) is 4.53. The summed E-state index contributed by atoms with van der Waals surface area (Å²) < 4.78 is 0. The van der Waals surface area contributed by atoms with Gasteiger partial charge in [0.1, 0.15) is 23.1 Å². The molecule has 6 nitrogen and oxygen atoms in total.